The van der Waals surface area contributed by atoms with Gasteiger partial charge >= 0.3 is 17.9 Å². The van der Waals surface area contributed by atoms with Crippen LogP contribution in [0.1, 0.15) is 26.7 Å². The van der Waals surface area contributed by atoms with Crippen LogP contribution in [0.4, 0.5) is 0 Å². The van der Waals surface area contributed by atoms with Gasteiger partial charge in [-0.15, -0.1) is 0 Å². The summed E-state index contributed by atoms with van der Waals surface area (Å²) in [5, 5.41) is 30.9. The highest BCUT2D eigenvalue weighted by Gasteiger charge is 2.34. The van der Waals surface area contributed by atoms with E-state index >= 15 is 0 Å². The third kappa shape index (κ3) is 9.53. The Balaban J connectivity index is 5.02. The zero-order valence-electron chi connectivity index (χ0n) is 15.5. The van der Waals surface area contributed by atoms with Crippen molar-refractivity contribution >= 4 is 41.5 Å². The molecule has 0 aliphatic carbocycles. The molecule has 0 aromatic carbocycles. The maximum atomic E-state index is 12.2. The van der Waals surface area contributed by atoms with Crippen LogP contribution < -0.4 is 22.1 Å². The van der Waals surface area contributed by atoms with E-state index in [9.17, 15) is 24.0 Å². The number of thioether (sulfide) groups is 1. The first-order valence-corrected chi connectivity index (χ1v) is 9.16. The summed E-state index contributed by atoms with van der Waals surface area (Å²) in [6, 6.07) is -3.67. The zero-order chi connectivity index (χ0) is 22.1. The van der Waals surface area contributed by atoms with Gasteiger partial charge in [-0.1, -0.05) is 0 Å². The van der Waals surface area contributed by atoms with E-state index in [0.717, 1.165) is 11.8 Å². The lowest BCUT2D eigenvalue weighted by atomic mass is 10.1. The highest BCUT2D eigenvalue weighted by Crippen LogP contribution is 2.28. The number of carboxylic acids is 3. The Kier molecular flexibility index (Phi) is 10.5. The van der Waals surface area contributed by atoms with Crippen LogP contribution in [0.25, 0.3) is 0 Å². The molecule has 0 aliphatic heterocycles. The van der Waals surface area contributed by atoms with Crippen LogP contribution in [0.15, 0.2) is 0 Å². The van der Waals surface area contributed by atoms with E-state index in [0.29, 0.717) is 0 Å². The SMILES string of the molecule is CC(C)(SC[C@H](NC(=O)CC[C@H](N)C(=O)O)C(=O)NCC(=O)O)[C@@H](N)C(=O)O. The largest absolute Gasteiger partial charge is 0.480 e. The lowest BCUT2D eigenvalue weighted by Gasteiger charge is -2.30. The number of carboxylic acid groups (broad SMARTS) is 3. The standard InChI is InChI=1S/C15H26N4O8S/c1-15(2,11(17)14(26)27)28-6-8(12(23)18-5-10(21)22)19-9(20)4-3-7(16)13(24)25/h7-8,11H,3-6,16-17H2,1-2H3,(H,18,23)(H,19,20)(H,21,22)(H,24,25)(H,26,27)/t7-,8-,11-/m0/s1. The maximum Gasteiger partial charge on any atom is 0.322 e. The summed E-state index contributed by atoms with van der Waals surface area (Å²) in [5.74, 6) is -5.33. The summed E-state index contributed by atoms with van der Waals surface area (Å²) >= 11 is 1.01. The topological polar surface area (TPSA) is 222 Å². The Labute approximate surface area is 165 Å². The maximum absolute atomic E-state index is 12.2. The van der Waals surface area contributed by atoms with Crippen molar-refractivity contribution in [3.05, 3.63) is 0 Å². The van der Waals surface area contributed by atoms with Crippen molar-refractivity contribution in [2.75, 3.05) is 12.3 Å². The molecule has 0 heterocycles. The van der Waals surface area contributed by atoms with Crippen molar-refractivity contribution in [3.8, 4) is 0 Å². The van der Waals surface area contributed by atoms with Crippen molar-refractivity contribution in [1.82, 2.24) is 10.6 Å². The molecular weight excluding hydrogens is 396 g/mol. The van der Waals surface area contributed by atoms with Gasteiger partial charge in [0.05, 0.1) is 0 Å². The molecule has 13 heteroatoms. The number of hydrogen-bond donors (Lipinski definition) is 7. The predicted molar refractivity (Wildman–Crippen MR) is 99.6 cm³/mol. The van der Waals surface area contributed by atoms with E-state index in [1.807, 2.05) is 0 Å². The Morgan fingerprint density at radius 3 is 2.07 bits per heavy atom. The molecule has 0 aromatic heterocycles. The first kappa shape index (κ1) is 25.6. The number of nitrogens with two attached hydrogens (primary N) is 2. The van der Waals surface area contributed by atoms with Crippen LogP contribution in [0.2, 0.25) is 0 Å². The summed E-state index contributed by atoms with van der Waals surface area (Å²) in [6.07, 6.45) is -0.425. The van der Waals surface area contributed by atoms with E-state index in [2.05, 4.69) is 10.6 Å². The van der Waals surface area contributed by atoms with Gasteiger partial charge in [0.25, 0.3) is 0 Å². The molecule has 0 saturated carbocycles. The van der Waals surface area contributed by atoms with Gasteiger partial charge in [0.15, 0.2) is 0 Å². The quantitative estimate of drug-likeness (QED) is 0.168. The van der Waals surface area contributed by atoms with Crippen LogP contribution in [0.3, 0.4) is 0 Å². The summed E-state index contributed by atoms with van der Waals surface area (Å²) < 4.78 is -0.993. The van der Waals surface area contributed by atoms with Crippen LogP contribution in [0, 0.1) is 0 Å². The van der Waals surface area contributed by atoms with Gasteiger partial charge in [-0.3, -0.25) is 24.0 Å². The molecule has 3 atom stereocenters. The minimum Gasteiger partial charge on any atom is -0.480 e. The minimum atomic E-state index is -1.29. The molecule has 12 nitrogen and oxygen atoms in total. The van der Waals surface area contributed by atoms with Gasteiger partial charge < -0.3 is 37.4 Å². The molecule has 9 N–H and O–H groups in total. The highest BCUT2D eigenvalue weighted by molar-refractivity contribution is 8.00. The van der Waals surface area contributed by atoms with E-state index in [1.54, 1.807) is 13.8 Å². The molecule has 0 unspecified atom stereocenters. The van der Waals surface area contributed by atoms with Crippen molar-refractivity contribution in [3.63, 3.8) is 0 Å². The van der Waals surface area contributed by atoms with Gasteiger partial charge in [-0.05, 0) is 20.3 Å². The number of aliphatic carboxylic acids is 3. The molecule has 0 aliphatic rings. The summed E-state index contributed by atoms with van der Waals surface area (Å²) in [7, 11) is 0. The third-order valence-corrected chi connectivity index (χ3v) is 5.20. The number of carbonyl (C=O) groups is 5. The number of amides is 2. The fourth-order valence-corrected chi connectivity index (χ4v) is 2.94. The lowest BCUT2D eigenvalue weighted by Crippen LogP contribution is -2.52. The molecule has 2 amide bonds. The molecule has 0 saturated heterocycles. The number of hydrogen-bond acceptors (Lipinski definition) is 8. The van der Waals surface area contributed by atoms with Crippen LogP contribution >= 0.6 is 11.8 Å². The van der Waals surface area contributed by atoms with E-state index < -0.39 is 59.1 Å². The zero-order valence-corrected chi connectivity index (χ0v) is 16.3. The molecule has 0 spiro atoms. The fraction of sp³-hybridized carbons (Fsp3) is 0.667. The summed E-state index contributed by atoms with van der Waals surface area (Å²) in [5.41, 5.74) is 10.9. The van der Waals surface area contributed by atoms with Gasteiger partial charge in [0.2, 0.25) is 11.8 Å². The molecule has 0 bridgehead atoms. The molecule has 0 rings (SSSR count). The number of rotatable bonds is 13. The molecule has 0 radical (unpaired) electrons. The van der Waals surface area contributed by atoms with Crippen LogP contribution in [-0.2, 0) is 24.0 Å². The average Bonchev–Trinajstić information content (AvgIpc) is 2.59. The second kappa shape index (κ2) is 11.5. The van der Waals surface area contributed by atoms with Gasteiger partial charge in [-0.25, -0.2) is 0 Å². The van der Waals surface area contributed by atoms with Crippen LogP contribution in [0.5, 0.6) is 0 Å². The third-order valence-electron chi connectivity index (χ3n) is 3.70. The molecular formula is C15H26N4O8S. The molecule has 0 aromatic rings. The normalized spacial score (nSPS) is 14.4. The van der Waals surface area contributed by atoms with Gasteiger partial charge in [0.1, 0.15) is 24.7 Å². The van der Waals surface area contributed by atoms with Gasteiger partial charge in [-0.2, -0.15) is 11.8 Å². The van der Waals surface area contributed by atoms with Crippen molar-refractivity contribution in [2.24, 2.45) is 11.5 Å². The molecule has 0 fully saturated rings. The fourth-order valence-electron chi connectivity index (χ4n) is 1.83. The molecule has 160 valence electrons. The lowest BCUT2D eigenvalue weighted by molar-refractivity contribution is -0.140. The molecule has 28 heavy (non-hydrogen) atoms. The Bertz CT molecular complexity index is 613. The number of carbonyl (C=O) groups excluding carboxylic acids is 2. The summed E-state index contributed by atoms with van der Waals surface area (Å²) in [4.78, 5) is 56.6. The average molecular weight is 422 g/mol. The first-order valence-electron chi connectivity index (χ1n) is 8.17. The van der Waals surface area contributed by atoms with Crippen molar-refractivity contribution in [2.45, 2.75) is 49.6 Å². The monoisotopic (exact) mass is 422 g/mol. The Morgan fingerprint density at radius 2 is 1.61 bits per heavy atom. The number of nitrogens with one attached hydrogen (secondary N) is 2. The van der Waals surface area contributed by atoms with E-state index in [-0.39, 0.29) is 18.6 Å². The Hall–Kier alpha value is -2.38. The van der Waals surface area contributed by atoms with Crippen molar-refractivity contribution < 1.29 is 39.3 Å². The van der Waals surface area contributed by atoms with Crippen molar-refractivity contribution in [1.29, 1.82) is 0 Å². The smallest absolute Gasteiger partial charge is 0.322 e. The van der Waals surface area contributed by atoms with E-state index in [1.165, 1.54) is 0 Å². The van der Waals surface area contributed by atoms with Crippen LogP contribution in [-0.4, -0.2) is 80.2 Å². The first-order chi connectivity index (χ1) is 12.8. The Morgan fingerprint density at radius 1 is 1.04 bits per heavy atom. The minimum absolute atomic E-state index is 0.0871. The summed E-state index contributed by atoms with van der Waals surface area (Å²) in [6.45, 7) is 2.44. The highest BCUT2D eigenvalue weighted by atomic mass is 32.2. The second-order valence-electron chi connectivity index (χ2n) is 6.45. The van der Waals surface area contributed by atoms with Gasteiger partial charge in [0, 0.05) is 16.9 Å². The second-order valence-corrected chi connectivity index (χ2v) is 8.12. The predicted octanol–water partition coefficient (Wildman–Crippen LogP) is -2.21. The van der Waals surface area contributed by atoms with E-state index in [4.69, 9.17) is 26.8 Å².